The summed E-state index contributed by atoms with van der Waals surface area (Å²) in [7, 11) is 1.87. The Morgan fingerprint density at radius 2 is 2.22 bits per heavy atom. The minimum Gasteiger partial charge on any atom is -0.372 e. The van der Waals surface area contributed by atoms with Crippen LogP contribution in [0.2, 0.25) is 0 Å². The highest BCUT2D eigenvalue weighted by molar-refractivity contribution is 14.1. The Morgan fingerprint density at radius 3 is 2.78 bits per heavy atom. The zero-order valence-corrected chi connectivity index (χ0v) is 14.1. The lowest BCUT2D eigenvalue weighted by atomic mass is 10.2. The van der Waals surface area contributed by atoms with Gasteiger partial charge in [-0.3, -0.25) is 0 Å². The van der Waals surface area contributed by atoms with Crippen molar-refractivity contribution in [1.82, 2.24) is 15.0 Å². The van der Waals surface area contributed by atoms with E-state index in [0.717, 1.165) is 29.7 Å². The second kappa shape index (κ2) is 5.01. The van der Waals surface area contributed by atoms with E-state index >= 15 is 0 Å². The first-order chi connectivity index (χ1) is 8.69. The van der Waals surface area contributed by atoms with Crippen LogP contribution in [-0.2, 0) is 0 Å². The Kier molecular flexibility index (Phi) is 3.55. The predicted molar refractivity (Wildman–Crippen MR) is 85.1 cm³/mol. The molecule has 18 heavy (non-hydrogen) atoms. The van der Waals surface area contributed by atoms with Gasteiger partial charge in [-0.15, -0.1) is 11.3 Å². The SMILES string of the molecule is CNc1nc(-c2ncc(I)s2)nc(C2CC2)c1Br. The average molecular weight is 437 g/mol. The zero-order chi connectivity index (χ0) is 12.7. The summed E-state index contributed by atoms with van der Waals surface area (Å²) in [4.78, 5) is 13.5. The quantitative estimate of drug-likeness (QED) is 0.741. The first kappa shape index (κ1) is 12.7. The highest BCUT2D eigenvalue weighted by Gasteiger charge is 2.29. The number of anilines is 1. The molecule has 0 radical (unpaired) electrons. The Morgan fingerprint density at radius 1 is 1.44 bits per heavy atom. The maximum absolute atomic E-state index is 4.67. The fourth-order valence-corrected chi connectivity index (χ4v) is 3.75. The first-order valence-corrected chi connectivity index (χ1v) is 8.24. The summed E-state index contributed by atoms with van der Waals surface area (Å²) in [6.45, 7) is 0. The van der Waals surface area contributed by atoms with E-state index in [1.54, 1.807) is 11.3 Å². The molecule has 1 aliphatic carbocycles. The van der Waals surface area contributed by atoms with Gasteiger partial charge in [0.2, 0.25) is 0 Å². The van der Waals surface area contributed by atoms with Crippen LogP contribution in [0.25, 0.3) is 10.8 Å². The van der Waals surface area contributed by atoms with Crippen LogP contribution in [0.3, 0.4) is 0 Å². The molecule has 0 aromatic carbocycles. The Hall–Kier alpha value is -0.280. The standard InChI is InChI=1S/C11H10BrIN4S/c1-14-9-7(12)8(5-2-3-5)16-10(17-9)11-15-4-6(13)18-11/h4-5H,2-3H2,1H3,(H,14,16,17). The molecule has 0 aliphatic heterocycles. The van der Waals surface area contributed by atoms with Gasteiger partial charge < -0.3 is 5.32 Å². The van der Waals surface area contributed by atoms with Crippen LogP contribution in [-0.4, -0.2) is 22.0 Å². The Bertz CT molecular complexity index is 597. The lowest BCUT2D eigenvalue weighted by Gasteiger charge is -2.09. The van der Waals surface area contributed by atoms with Crippen molar-refractivity contribution in [3.8, 4) is 10.8 Å². The molecule has 94 valence electrons. The number of hydrogen-bond acceptors (Lipinski definition) is 5. The molecule has 7 heteroatoms. The topological polar surface area (TPSA) is 50.7 Å². The van der Waals surface area contributed by atoms with E-state index in [1.807, 2.05) is 13.2 Å². The van der Waals surface area contributed by atoms with Gasteiger partial charge in [0.25, 0.3) is 0 Å². The van der Waals surface area contributed by atoms with Crippen molar-refractivity contribution in [1.29, 1.82) is 0 Å². The van der Waals surface area contributed by atoms with Crippen molar-refractivity contribution in [3.05, 3.63) is 19.2 Å². The molecular weight excluding hydrogens is 427 g/mol. The summed E-state index contributed by atoms with van der Waals surface area (Å²) in [6, 6.07) is 0. The van der Waals surface area contributed by atoms with Crippen molar-refractivity contribution >= 4 is 55.7 Å². The summed E-state index contributed by atoms with van der Waals surface area (Å²) < 4.78 is 2.13. The van der Waals surface area contributed by atoms with Gasteiger partial charge in [0.05, 0.1) is 19.2 Å². The Balaban J connectivity index is 2.12. The fraction of sp³-hybridized carbons (Fsp3) is 0.364. The molecule has 0 unspecified atom stereocenters. The highest BCUT2D eigenvalue weighted by atomic mass is 127. The largest absolute Gasteiger partial charge is 0.372 e. The van der Waals surface area contributed by atoms with Crippen molar-refractivity contribution in [2.75, 3.05) is 12.4 Å². The third kappa shape index (κ3) is 2.39. The molecule has 2 heterocycles. The second-order valence-electron chi connectivity index (χ2n) is 4.09. The third-order valence-electron chi connectivity index (χ3n) is 2.75. The number of rotatable bonds is 3. The summed E-state index contributed by atoms with van der Waals surface area (Å²) >= 11 is 7.46. The molecule has 1 fully saturated rings. The minimum atomic E-state index is 0.576. The summed E-state index contributed by atoms with van der Waals surface area (Å²) in [6.07, 6.45) is 4.28. The van der Waals surface area contributed by atoms with Crippen LogP contribution < -0.4 is 5.32 Å². The van der Waals surface area contributed by atoms with Crippen molar-refractivity contribution < 1.29 is 0 Å². The van der Waals surface area contributed by atoms with Crippen molar-refractivity contribution in [2.45, 2.75) is 18.8 Å². The number of halogens is 2. The van der Waals surface area contributed by atoms with E-state index in [1.165, 1.54) is 12.8 Å². The van der Waals surface area contributed by atoms with Crippen LogP contribution in [0.5, 0.6) is 0 Å². The van der Waals surface area contributed by atoms with Crippen LogP contribution in [0.4, 0.5) is 5.82 Å². The van der Waals surface area contributed by atoms with Gasteiger partial charge in [0.1, 0.15) is 5.82 Å². The maximum Gasteiger partial charge on any atom is 0.191 e. The van der Waals surface area contributed by atoms with E-state index in [4.69, 9.17) is 0 Å². The number of nitrogens with one attached hydrogen (secondary N) is 1. The molecule has 4 nitrogen and oxygen atoms in total. The van der Waals surface area contributed by atoms with E-state index in [9.17, 15) is 0 Å². The van der Waals surface area contributed by atoms with Crippen molar-refractivity contribution in [3.63, 3.8) is 0 Å². The van der Waals surface area contributed by atoms with Gasteiger partial charge in [-0.05, 0) is 51.4 Å². The third-order valence-corrected chi connectivity index (χ3v) is 5.25. The molecule has 0 spiro atoms. The van der Waals surface area contributed by atoms with Gasteiger partial charge in [-0.1, -0.05) is 0 Å². The number of aromatic nitrogens is 3. The van der Waals surface area contributed by atoms with E-state index in [0.29, 0.717) is 5.92 Å². The number of hydrogen-bond donors (Lipinski definition) is 1. The van der Waals surface area contributed by atoms with Crippen LogP contribution in [0, 0.1) is 2.88 Å². The molecule has 0 saturated heterocycles. The van der Waals surface area contributed by atoms with E-state index in [2.05, 4.69) is 58.8 Å². The average Bonchev–Trinajstić information content (AvgIpc) is 3.12. The van der Waals surface area contributed by atoms with E-state index < -0.39 is 0 Å². The van der Waals surface area contributed by atoms with Gasteiger partial charge in [-0.25, -0.2) is 15.0 Å². The predicted octanol–water partition coefficient (Wildman–Crippen LogP) is 3.89. The summed E-state index contributed by atoms with van der Waals surface area (Å²) in [5, 5.41) is 3.99. The minimum absolute atomic E-state index is 0.576. The molecule has 3 rings (SSSR count). The zero-order valence-electron chi connectivity index (χ0n) is 9.57. The lowest BCUT2D eigenvalue weighted by Crippen LogP contribution is -2.02. The summed E-state index contributed by atoms with van der Waals surface area (Å²) in [5.41, 5.74) is 1.11. The van der Waals surface area contributed by atoms with Crippen LogP contribution >= 0.6 is 49.9 Å². The molecule has 0 amide bonds. The molecular formula is C11H10BrIN4S. The van der Waals surface area contributed by atoms with Gasteiger partial charge in [0.15, 0.2) is 10.8 Å². The van der Waals surface area contributed by atoms with Gasteiger partial charge in [0, 0.05) is 13.0 Å². The second-order valence-corrected chi connectivity index (χ2v) is 7.81. The van der Waals surface area contributed by atoms with E-state index in [-0.39, 0.29) is 0 Å². The lowest BCUT2D eigenvalue weighted by molar-refractivity contribution is 0.978. The highest BCUT2D eigenvalue weighted by Crippen LogP contribution is 2.44. The molecule has 1 aliphatic rings. The van der Waals surface area contributed by atoms with Crippen molar-refractivity contribution in [2.24, 2.45) is 0 Å². The van der Waals surface area contributed by atoms with Crippen LogP contribution in [0.15, 0.2) is 10.7 Å². The number of thiazole rings is 1. The molecule has 0 atom stereocenters. The number of nitrogens with zero attached hydrogens (tertiary/aromatic N) is 3. The molecule has 2 aromatic heterocycles. The molecule has 1 N–H and O–H groups in total. The Labute approximate surface area is 131 Å². The monoisotopic (exact) mass is 436 g/mol. The molecule has 1 saturated carbocycles. The molecule has 2 aromatic rings. The normalized spacial score (nSPS) is 14.8. The maximum atomic E-state index is 4.67. The first-order valence-electron chi connectivity index (χ1n) is 5.56. The fourth-order valence-electron chi connectivity index (χ4n) is 1.71. The summed E-state index contributed by atoms with van der Waals surface area (Å²) in [5.74, 6) is 2.14. The van der Waals surface area contributed by atoms with Gasteiger partial charge in [-0.2, -0.15) is 0 Å². The smallest absolute Gasteiger partial charge is 0.191 e. The van der Waals surface area contributed by atoms with Gasteiger partial charge >= 0.3 is 0 Å². The molecule has 0 bridgehead atoms. The van der Waals surface area contributed by atoms with Crippen LogP contribution in [0.1, 0.15) is 24.5 Å².